The highest BCUT2D eigenvalue weighted by molar-refractivity contribution is 5.99. The molecule has 0 atom stereocenters. The standard InChI is InChI=1S/C29H40O5/c1-3-5-7-9-10-12-22-33-27-19-15-25(16-20-27)29(31)34-23-28(30)24-13-17-26(18-14-24)32-21-11-8-6-4-2/h13-20H,3-12,21-23H2,1-2H3. The van der Waals surface area contributed by atoms with Gasteiger partial charge in [0, 0.05) is 5.56 Å². The lowest BCUT2D eigenvalue weighted by Gasteiger charge is -2.08. The minimum Gasteiger partial charge on any atom is -0.494 e. The van der Waals surface area contributed by atoms with Crippen molar-refractivity contribution in [3.05, 3.63) is 59.7 Å². The van der Waals surface area contributed by atoms with Gasteiger partial charge in [-0.1, -0.05) is 65.2 Å². The van der Waals surface area contributed by atoms with E-state index in [9.17, 15) is 9.59 Å². The Morgan fingerprint density at radius 2 is 1.03 bits per heavy atom. The molecule has 5 heteroatoms. The molecular formula is C29H40O5. The maximum atomic E-state index is 12.4. The van der Waals surface area contributed by atoms with Gasteiger partial charge < -0.3 is 14.2 Å². The molecule has 5 nitrogen and oxygen atoms in total. The number of rotatable bonds is 18. The van der Waals surface area contributed by atoms with E-state index in [1.54, 1.807) is 48.5 Å². The van der Waals surface area contributed by atoms with Crippen molar-refractivity contribution < 1.29 is 23.8 Å². The van der Waals surface area contributed by atoms with Crippen molar-refractivity contribution in [1.82, 2.24) is 0 Å². The Morgan fingerprint density at radius 1 is 0.588 bits per heavy atom. The summed E-state index contributed by atoms with van der Waals surface area (Å²) < 4.78 is 16.6. The molecule has 0 fully saturated rings. The molecule has 0 N–H and O–H groups in total. The third-order valence-corrected chi connectivity index (χ3v) is 5.63. The number of ketones is 1. The zero-order chi connectivity index (χ0) is 24.4. The Morgan fingerprint density at radius 3 is 1.56 bits per heavy atom. The third kappa shape index (κ3) is 10.9. The maximum absolute atomic E-state index is 12.4. The lowest BCUT2D eigenvalue weighted by Crippen LogP contribution is -2.14. The van der Waals surface area contributed by atoms with Crippen LogP contribution in [0.3, 0.4) is 0 Å². The number of ether oxygens (including phenoxy) is 3. The average molecular weight is 469 g/mol. The fourth-order valence-electron chi connectivity index (χ4n) is 3.51. The molecule has 0 saturated heterocycles. The van der Waals surface area contributed by atoms with Crippen LogP contribution in [0.4, 0.5) is 0 Å². The number of carbonyl (C=O) groups is 2. The Bertz CT molecular complexity index is 827. The van der Waals surface area contributed by atoms with Crippen LogP contribution in [-0.2, 0) is 4.74 Å². The van der Waals surface area contributed by atoms with E-state index in [0.29, 0.717) is 24.3 Å². The molecular weight excluding hydrogens is 428 g/mol. The molecule has 0 unspecified atom stereocenters. The minimum absolute atomic E-state index is 0.248. The van der Waals surface area contributed by atoms with E-state index in [2.05, 4.69) is 13.8 Å². The molecule has 0 spiro atoms. The van der Waals surface area contributed by atoms with Gasteiger partial charge in [-0.05, 0) is 61.4 Å². The molecule has 2 rings (SSSR count). The number of hydrogen-bond donors (Lipinski definition) is 0. The second kappa shape index (κ2) is 16.7. The zero-order valence-corrected chi connectivity index (χ0v) is 20.9. The minimum atomic E-state index is -0.525. The van der Waals surface area contributed by atoms with Gasteiger partial charge >= 0.3 is 5.97 Å². The Hall–Kier alpha value is -2.82. The quantitative estimate of drug-likeness (QED) is 0.129. The molecule has 0 saturated carbocycles. The summed E-state index contributed by atoms with van der Waals surface area (Å²) in [5, 5.41) is 0. The van der Waals surface area contributed by atoms with E-state index in [-0.39, 0.29) is 12.4 Å². The van der Waals surface area contributed by atoms with Gasteiger partial charge in [0.05, 0.1) is 18.8 Å². The van der Waals surface area contributed by atoms with E-state index in [0.717, 1.165) is 30.8 Å². The first-order valence-electron chi connectivity index (χ1n) is 12.8. The van der Waals surface area contributed by atoms with Crippen LogP contribution in [0, 0.1) is 0 Å². The lowest BCUT2D eigenvalue weighted by molar-refractivity contribution is 0.0474. The lowest BCUT2D eigenvalue weighted by atomic mass is 10.1. The van der Waals surface area contributed by atoms with Gasteiger partial charge in [-0.25, -0.2) is 4.79 Å². The molecule has 186 valence electrons. The summed E-state index contributed by atoms with van der Waals surface area (Å²) in [7, 11) is 0. The van der Waals surface area contributed by atoms with Crippen LogP contribution in [-0.4, -0.2) is 31.6 Å². The summed E-state index contributed by atoms with van der Waals surface area (Å²) >= 11 is 0. The molecule has 34 heavy (non-hydrogen) atoms. The highest BCUT2D eigenvalue weighted by Crippen LogP contribution is 2.16. The largest absolute Gasteiger partial charge is 0.494 e. The van der Waals surface area contributed by atoms with Crippen molar-refractivity contribution >= 4 is 11.8 Å². The monoisotopic (exact) mass is 468 g/mol. The summed E-state index contributed by atoms with van der Waals surface area (Å²) in [6.07, 6.45) is 11.9. The molecule has 2 aromatic carbocycles. The first-order valence-corrected chi connectivity index (χ1v) is 12.8. The van der Waals surface area contributed by atoms with Crippen LogP contribution in [0.2, 0.25) is 0 Å². The SMILES string of the molecule is CCCCCCCCOc1ccc(C(=O)OCC(=O)c2ccc(OCCCCCC)cc2)cc1. The van der Waals surface area contributed by atoms with Gasteiger partial charge in [-0.2, -0.15) is 0 Å². The summed E-state index contributed by atoms with van der Waals surface area (Å²) in [5.74, 6) is 0.697. The van der Waals surface area contributed by atoms with E-state index in [1.165, 1.54) is 44.9 Å². The predicted molar refractivity (Wildman–Crippen MR) is 136 cm³/mol. The number of benzene rings is 2. The average Bonchev–Trinajstić information content (AvgIpc) is 2.87. The van der Waals surface area contributed by atoms with Crippen LogP contribution in [0.15, 0.2) is 48.5 Å². The first-order chi connectivity index (χ1) is 16.6. The van der Waals surface area contributed by atoms with Crippen molar-refractivity contribution in [2.75, 3.05) is 19.8 Å². The molecule has 0 aliphatic rings. The smallest absolute Gasteiger partial charge is 0.338 e. The van der Waals surface area contributed by atoms with Gasteiger partial charge in [0.1, 0.15) is 11.5 Å². The van der Waals surface area contributed by atoms with E-state index >= 15 is 0 Å². The normalized spacial score (nSPS) is 10.6. The van der Waals surface area contributed by atoms with E-state index < -0.39 is 5.97 Å². The van der Waals surface area contributed by atoms with Gasteiger partial charge in [0.25, 0.3) is 0 Å². The molecule has 0 amide bonds. The predicted octanol–water partition coefficient (Wildman–Crippen LogP) is 7.42. The van der Waals surface area contributed by atoms with E-state index in [4.69, 9.17) is 14.2 Å². The summed E-state index contributed by atoms with van der Waals surface area (Å²) in [6.45, 7) is 5.44. The highest BCUT2D eigenvalue weighted by Gasteiger charge is 2.12. The molecule has 0 radical (unpaired) electrons. The fraction of sp³-hybridized carbons (Fsp3) is 0.517. The van der Waals surface area contributed by atoms with Gasteiger partial charge in [0.2, 0.25) is 0 Å². The van der Waals surface area contributed by atoms with Crippen molar-refractivity contribution in [2.24, 2.45) is 0 Å². The van der Waals surface area contributed by atoms with Crippen molar-refractivity contribution in [1.29, 1.82) is 0 Å². The van der Waals surface area contributed by atoms with Gasteiger partial charge in [0.15, 0.2) is 12.4 Å². The number of carbonyl (C=O) groups excluding carboxylic acids is 2. The molecule has 0 bridgehead atoms. The summed E-state index contributed by atoms with van der Waals surface area (Å²) in [5.41, 5.74) is 0.885. The van der Waals surface area contributed by atoms with Gasteiger partial charge in [-0.3, -0.25) is 4.79 Å². The van der Waals surface area contributed by atoms with Crippen LogP contribution < -0.4 is 9.47 Å². The van der Waals surface area contributed by atoms with Crippen LogP contribution in [0.25, 0.3) is 0 Å². The molecule has 0 aromatic heterocycles. The van der Waals surface area contributed by atoms with Gasteiger partial charge in [-0.15, -0.1) is 0 Å². The molecule has 2 aromatic rings. The second-order valence-corrected chi connectivity index (χ2v) is 8.57. The molecule has 0 aliphatic carbocycles. The summed E-state index contributed by atoms with van der Waals surface area (Å²) in [4.78, 5) is 24.7. The first kappa shape index (κ1) is 27.4. The Labute approximate surface area is 204 Å². The fourth-order valence-corrected chi connectivity index (χ4v) is 3.51. The highest BCUT2D eigenvalue weighted by atomic mass is 16.5. The third-order valence-electron chi connectivity index (χ3n) is 5.63. The van der Waals surface area contributed by atoms with Crippen molar-refractivity contribution in [3.8, 4) is 11.5 Å². The van der Waals surface area contributed by atoms with Crippen molar-refractivity contribution in [3.63, 3.8) is 0 Å². The zero-order valence-electron chi connectivity index (χ0n) is 20.9. The molecule has 0 heterocycles. The second-order valence-electron chi connectivity index (χ2n) is 8.57. The number of Topliss-reactive ketones (excluding diaryl/α,β-unsaturated/α-hetero) is 1. The van der Waals surface area contributed by atoms with Crippen LogP contribution in [0.5, 0.6) is 11.5 Å². The van der Waals surface area contributed by atoms with Crippen LogP contribution in [0.1, 0.15) is 98.8 Å². The van der Waals surface area contributed by atoms with Crippen LogP contribution >= 0.6 is 0 Å². The maximum Gasteiger partial charge on any atom is 0.338 e. The number of esters is 1. The number of unbranched alkanes of at least 4 members (excludes halogenated alkanes) is 8. The Balaban J connectivity index is 1.67. The summed E-state index contributed by atoms with van der Waals surface area (Å²) in [6, 6.07) is 13.8. The van der Waals surface area contributed by atoms with E-state index in [1.807, 2.05) is 0 Å². The number of hydrogen-bond acceptors (Lipinski definition) is 5. The Kier molecular flexibility index (Phi) is 13.5. The van der Waals surface area contributed by atoms with Crippen molar-refractivity contribution in [2.45, 2.75) is 78.1 Å². The topological polar surface area (TPSA) is 61.8 Å². The molecule has 0 aliphatic heterocycles.